The van der Waals surface area contributed by atoms with Gasteiger partial charge in [0.2, 0.25) is 0 Å². The van der Waals surface area contributed by atoms with E-state index in [4.69, 9.17) is 9.47 Å². The lowest BCUT2D eigenvalue weighted by molar-refractivity contribution is -0.143. The number of ether oxygens (including phenoxy) is 2. The maximum Gasteiger partial charge on any atom is 0.339 e. The number of nitrogens with one attached hydrogen (secondary N) is 1. The summed E-state index contributed by atoms with van der Waals surface area (Å²) in [5.41, 5.74) is 1.93. The number of amides is 1. The monoisotopic (exact) mass is 421 g/mol. The normalized spacial score (nSPS) is 21.3. The number of rotatable bonds is 7. The van der Waals surface area contributed by atoms with Crippen molar-refractivity contribution in [3.63, 3.8) is 0 Å². The second-order valence-electron chi connectivity index (χ2n) is 8.22. The van der Waals surface area contributed by atoms with Crippen LogP contribution in [0.15, 0.2) is 54.6 Å². The predicted octanol–water partition coefficient (Wildman–Crippen LogP) is 4.72. The summed E-state index contributed by atoms with van der Waals surface area (Å²) >= 11 is 0. The summed E-state index contributed by atoms with van der Waals surface area (Å²) in [6, 6.07) is 16.9. The molecule has 5 heteroatoms. The molecule has 0 radical (unpaired) electrons. The van der Waals surface area contributed by atoms with E-state index < -0.39 is 5.97 Å². The van der Waals surface area contributed by atoms with Gasteiger partial charge in [0.05, 0.1) is 12.7 Å². The first kappa shape index (κ1) is 22.6. The molecule has 2 aromatic carbocycles. The highest BCUT2D eigenvalue weighted by molar-refractivity contribution is 6.21. The topological polar surface area (TPSA) is 64.6 Å². The number of esters is 1. The molecule has 1 saturated carbocycles. The summed E-state index contributed by atoms with van der Waals surface area (Å²) in [5, 5.41) is 3.05. The fraction of sp³-hybridized carbons (Fsp3) is 0.385. The first-order valence-corrected chi connectivity index (χ1v) is 10.9. The van der Waals surface area contributed by atoms with Crippen LogP contribution in [-0.4, -0.2) is 31.6 Å². The van der Waals surface area contributed by atoms with Crippen molar-refractivity contribution in [1.82, 2.24) is 5.32 Å². The molecule has 2 aromatic rings. The number of carbonyl (C=O) groups excluding carboxylic acids is 2. The molecular formula is C26H31NO4. The molecule has 0 bridgehead atoms. The Morgan fingerprint density at radius 1 is 1.06 bits per heavy atom. The highest BCUT2D eigenvalue weighted by Crippen LogP contribution is 2.29. The zero-order valence-corrected chi connectivity index (χ0v) is 18.5. The molecule has 0 spiro atoms. The lowest BCUT2D eigenvalue weighted by Crippen LogP contribution is -2.45. The lowest BCUT2D eigenvalue weighted by Gasteiger charge is -2.34. The van der Waals surface area contributed by atoms with Crippen LogP contribution in [0.2, 0.25) is 0 Å². The Labute approximate surface area is 184 Å². The number of methoxy groups -OCH3 is 1. The minimum Gasteiger partial charge on any atom is -0.497 e. The van der Waals surface area contributed by atoms with Gasteiger partial charge in [0.15, 0.2) is 6.61 Å². The van der Waals surface area contributed by atoms with Crippen LogP contribution in [0.1, 0.15) is 44.2 Å². The molecule has 1 aliphatic carbocycles. The minimum atomic E-state index is -0.533. The van der Waals surface area contributed by atoms with Crippen molar-refractivity contribution in [1.29, 1.82) is 0 Å². The van der Waals surface area contributed by atoms with Gasteiger partial charge < -0.3 is 14.8 Å². The van der Waals surface area contributed by atoms with Crippen LogP contribution in [0.3, 0.4) is 0 Å². The van der Waals surface area contributed by atoms with E-state index in [1.807, 2.05) is 54.6 Å². The summed E-state index contributed by atoms with van der Waals surface area (Å²) in [6.07, 6.45) is 5.02. The molecule has 5 nitrogen and oxygen atoms in total. The Hall–Kier alpha value is -3.08. The van der Waals surface area contributed by atoms with E-state index in [9.17, 15) is 9.59 Å². The first-order chi connectivity index (χ1) is 15.0. The van der Waals surface area contributed by atoms with Crippen molar-refractivity contribution >= 4 is 23.5 Å². The fourth-order valence-corrected chi connectivity index (χ4v) is 4.02. The number of carbonyl (C=O) groups is 2. The maximum absolute atomic E-state index is 12.9. The van der Waals surface area contributed by atoms with Crippen LogP contribution in [-0.2, 0) is 14.3 Å². The summed E-state index contributed by atoms with van der Waals surface area (Å²) in [7, 11) is 1.60. The van der Waals surface area contributed by atoms with Crippen LogP contribution < -0.4 is 10.1 Å². The van der Waals surface area contributed by atoms with Gasteiger partial charge in [-0.15, -0.1) is 0 Å². The maximum atomic E-state index is 12.9. The third-order valence-electron chi connectivity index (χ3n) is 6.10. The third kappa shape index (κ3) is 6.20. The van der Waals surface area contributed by atoms with Crippen LogP contribution in [0.25, 0.3) is 11.6 Å². The first-order valence-electron chi connectivity index (χ1n) is 10.9. The molecule has 0 aromatic heterocycles. The Balaban J connectivity index is 1.70. The van der Waals surface area contributed by atoms with Gasteiger partial charge in [0.1, 0.15) is 5.75 Å². The number of hydrogen-bond donors (Lipinski definition) is 1. The van der Waals surface area contributed by atoms with E-state index in [1.165, 1.54) is 6.42 Å². The van der Waals surface area contributed by atoms with E-state index in [2.05, 4.69) is 19.2 Å². The highest BCUT2D eigenvalue weighted by atomic mass is 16.5. The smallest absolute Gasteiger partial charge is 0.339 e. The van der Waals surface area contributed by atoms with Gasteiger partial charge in [-0.25, -0.2) is 4.79 Å². The average Bonchev–Trinajstić information content (AvgIpc) is 2.79. The second-order valence-corrected chi connectivity index (χ2v) is 8.22. The largest absolute Gasteiger partial charge is 0.497 e. The molecule has 3 rings (SSSR count). The van der Waals surface area contributed by atoms with E-state index in [-0.39, 0.29) is 18.6 Å². The van der Waals surface area contributed by atoms with Gasteiger partial charge in [-0.05, 0) is 47.6 Å². The molecule has 1 fully saturated rings. The number of benzene rings is 2. The number of hydrogen-bond acceptors (Lipinski definition) is 4. The van der Waals surface area contributed by atoms with Crippen LogP contribution in [0.4, 0.5) is 0 Å². The average molecular weight is 422 g/mol. The SMILES string of the molecule is COc1cccc(/C=C(/C(=O)OCC(=O)N[C@@H]2CCC[C@@H](C)[C@H]2C)c2ccccc2)c1. The molecule has 0 unspecified atom stereocenters. The minimum absolute atomic E-state index is 0.135. The Morgan fingerprint density at radius 2 is 1.84 bits per heavy atom. The summed E-state index contributed by atoms with van der Waals surface area (Å²) in [5.74, 6) is 0.908. The Morgan fingerprint density at radius 3 is 2.58 bits per heavy atom. The van der Waals surface area contributed by atoms with Gasteiger partial charge in [-0.3, -0.25) is 4.79 Å². The van der Waals surface area contributed by atoms with Gasteiger partial charge >= 0.3 is 5.97 Å². The van der Waals surface area contributed by atoms with Crippen molar-refractivity contribution in [2.24, 2.45) is 11.8 Å². The van der Waals surface area contributed by atoms with Crippen molar-refractivity contribution < 1.29 is 19.1 Å². The summed E-state index contributed by atoms with van der Waals surface area (Å²) in [4.78, 5) is 25.4. The molecule has 1 amide bonds. The Kier molecular flexibility index (Phi) is 7.88. The second kappa shape index (κ2) is 10.8. The van der Waals surface area contributed by atoms with Gasteiger partial charge in [-0.1, -0.05) is 69.2 Å². The summed E-state index contributed by atoms with van der Waals surface area (Å²) in [6.45, 7) is 4.10. The molecule has 0 saturated heterocycles. The van der Waals surface area contributed by atoms with Gasteiger partial charge in [-0.2, -0.15) is 0 Å². The van der Waals surface area contributed by atoms with E-state index >= 15 is 0 Å². The molecule has 0 aliphatic heterocycles. The molecular weight excluding hydrogens is 390 g/mol. The highest BCUT2D eigenvalue weighted by Gasteiger charge is 2.28. The molecule has 164 valence electrons. The quantitative estimate of drug-likeness (QED) is 0.399. The molecule has 3 atom stereocenters. The van der Waals surface area contributed by atoms with Gasteiger partial charge in [0, 0.05) is 6.04 Å². The summed E-state index contributed by atoms with van der Waals surface area (Å²) < 4.78 is 10.7. The zero-order chi connectivity index (χ0) is 22.2. The molecule has 0 heterocycles. The van der Waals surface area contributed by atoms with Crippen molar-refractivity contribution in [2.45, 2.75) is 39.2 Å². The van der Waals surface area contributed by atoms with Crippen molar-refractivity contribution in [3.8, 4) is 5.75 Å². The van der Waals surface area contributed by atoms with E-state index in [0.29, 0.717) is 23.2 Å². The fourth-order valence-electron chi connectivity index (χ4n) is 4.02. The van der Waals surface area contributed by atoms with E-state index in [1.54, 1.807) is 13.2 Å². The predicted molar refractivity (Wildman–Crippen MR) is 122 cm³/mol. The van der Waals surface area contributed by atoms with E-state index in [0.717, 1.165) is 24.0 Å². The molecule has 31 heavy (non-hydrogen) atoms. The van der Waals surface area contributed by atoms with Crippen LogP contribution in [0.5, 0.6) is 5.75 Å². The third-order valence-corrected chi connectivity index (χ3v) is 6.10. The van der Waals surface area contributed by atoms with Crippen LogP contribution >= 0.6 is 0 Å². The molecule has 1 aliphatic rings. The molecule has 1 N–H and O–H groups in total. The van der Waals surface area contributed by atoms with Crippen LogP contribution in [0, 0.1) is 11.8 Å². The van der Waals surface area contributed by atoms with Crippen molar-refractivity contribution in [3.05, 3.63) is 65.7 Å². The van der Waals surface area contributed by atoms with Gasteiger partial charge in [0.25, 0.3) is 5.91 Å². The van der Waals surface area contributed by atoms with Crippen molar-refractivity contribution in [2.75, 3.05) is 13.7 Å². The zero-order valence-electron chi connectivity index (χ0n) is 18.5. The standard InChI is InChI=1S/C26H31NO4/c1-18-9-7-14-24(19(18)2)27-25(28)17-31-26(29)23(21-11-5-4-6-12-21)16-20-10-8-13-22(15-20)30-3/h4-6,8,10-13,15-16,18-19,24H,7,9,14,17H2,1-3H3,(H,27,28)/b23-16+/t18-,19-,24-/m1/s1. The Bertz CT molecular complexity index is 922. The lowest BCUT2D eigenvalue weighted by atomic mass is 9.78.